The Bertz CT molecular complexity index is 542. The maximum atomic E-state index is 13.6. The monoisotopic (exact) mass is 287 g/mol. The summed E-state index contributed by atoms with van der Waals surface area (Å²) in [6.07, 6.45) is 1.98. The van der Waals surface area contributed by atoms with Crippen molar-refractivity contribution in [1.29, 1.82) is 0 Å². The van der Waals surface area contributed by atoms with Gasteiger partial charge in [0, 0.05) is 12.6 Å². The van der Waals surface area contributed by atoms with E-state index in [1.165, 1.54) is 12.1 Å². The van der Waals surface area contributed by atoms with Gasteiger partial charge in [-0.1, -0.05) is 6.07 Å². The molecule has 5 nitrogen and oxygen atoms in total. The molecule has 19 heavy (non-hydrogen) atoms. The molecule has 1 atom stereocenters. The molecule has 0 saturated carbocycles. The number of rotatable bonds is 4. The standard InChI is InChI=1S/C12H18FN3O2S/c1-16-7-3-4-9(16)8-15-19(17,18)12-10(13)5-2-6-11(12)14/h2,5-6,9,15H,3-4,7-8,14H2,1H3. The molecule has 1 aliphatic rings. The van der Waals surface area contributed by atoms with Crippen molar-refractivity contribution in [3.05, 3.63) is 24.0 Å². The van der Waals surface area contributed by atoms with Crippen LogP contribution in [0.4, 0.5) is 10.1 Å². The number of nitrogens with zero attached hydrogens (tertiary/aromatic N) is 1. The lowest BCUT2D eigenvalue weighted by molar-refractivity contribution is 0.310. The quantitative estimate of drug-likeness (QED) is 0.803. The summed E-state index contributed by atoms with van der Waals surface area (Å²) < 4.78 is 40.2. The number of hydrogen-bond donors (Lipinski definition) is 2. The molecule has 106 valence electrons. The van der Waals surface area contributed by atoms with Gasteiger partial charge in [0.25, 0.3) is 0 Å². The van der Waals surface area contributed by atoms with Crippen LogP contribution < -0.4 is 10.5 Å². The maximum Gasteiger partial charge on any atom is 0.245 e. The smallest absolute Gasteiger partial charge is 0.245 e. The van der Waals surface area contributed by atoms with Gasteiger partial charge in [-0.15, -0.1) is 0 Å². The maximum absolute atomic E-state index is 13.6. The highest BCUT2D eigenvalue weighted by atomic mass is 32.2. The van der Waals surface area contributed by atoms with Crippen LogP contribution in [0.3, 0.4) is 0 Å². The first kappa shape index (κ1) is 14.2. The van der Waals surface area contributed by atoms with E-state index >= 15 is 0 Å². The van der Waals surface area contributed by atoms with Crippen molar-refractivity contribution in [2.24, 2.45) is 0 Å². The Kier molecular flexibility index (Phi) is 4.07. The van der Waals surface area contributed by atoms with Crippen LogP contribution in [-0.4, -0.2) is 39.5 Å². The van der Waals surface area contributed by atoms with E-state index in [1.54, 1.807) is 0 Å². The zero-order valence-corrected chi connectivity index (χ0v) is 11.6. The van der Waals surface area contributed by atoms with Crippen LogP contribution >= 0.6 is 0 Å². The summed E-state index contributed by atoms with van der Waals surface area (Å²) in [7, 11) is -1.96. The molecule has 1 fully saturated rings. The molecule has 0 aromatic heterocycles. The van der Waals surface area contributed by atoms with E-state index in [4.69, 9.17) is 5.73 Å². The summed E-state index contributed by atoms with van der Waals surface area (Å²) in [5.41, 5.74) is 5.47. The van der Waals surface area contributed by atoms with Crippen LogP contribution in [0, 0.1) is 5.82 Å². The molecule has 1 unspecified atom stereocenters. The normalized spacial score (nSPS) is 20.8. The fraction of sp³-hybridized carbons (Fsp3) is 0.500. The number of likely N-dealkylation sites (tertiary alicyclic amines) is 1. The highest BCUT2D eigenvalue weighted by Gasteiger charge is 2.26. The Hall–Kier alpha value is -1.18. The summed E-state index contributed by atoms with van der Waals surface area (Å²) in [5, 5.41) is 0. The summed E-state index contributed by atoms with van der Waals surface area (Å²) in [6, 6.07) is 4.00. The Morgan fingerprint density at radius 2 is 2.26 bits per heavy atom. The van der Waals surface area contributed by atoms with Gasteiger partial charge in [-0.3, -0.25) is 0 Å². The van der Waals surface area contributed by atoms with E-state index in [-0.39, 0.29) is 18.3 Å². The predicted octanol–water partition coefficient (Wildman–Crippen LogP) is 0.780. The average Bonchev–Trinajstić information content (AvgIpc) is 2.72. The number of halogens is 1. The molecule has 0 spiro atoms. The zero-order valence-electron chi connectivity index (χ0n) is 10.8. The van der Waals surface area contributed by atoms with Gasteiger partial charge in [-0.2, -0.15) is 0 Å². The first-order valence-electron chi connectivity index (χ1n) is 6.15. The lowest BCUT2D eigenvalue weighted by Crippen LogP contribution is -2.38. The first-order valence-corrected chi connectivity index (χ1v) is 7.64. The highest BCUT2D eigenvalue weighted by molar-refractivity contribution is 7.89. The molecule has 3 N–H and O–H groups in total. The first-order chi connectivity index (χ1) is 8.92. The molecule has 7 heteroatoms. The molecule has 1 aliphatic heterocycles. The molecule has 1 aromatic rings. The van der Waals surface area contributed by atoms with E-state index in [2.05, 4.69) is 9.62 Å². The Morgan fingerprint density at radius 3 is 2.84 bits per heavy atom. The molecule has 0 bridgehead atoms. The zero-order chi connectivity index (χ0) is 14.0. The van der Waals surface area contributed by atoms with Crippen molar-refractivity contribution < 1.29 is 12.8 Å². The van der Waals surface area contributed by atoms with E-state index < -0.39 is 20.7 Å². The van der Waals surface area contributed by atoms with Crippen molar-refractivity contribution in [1.82, 2.24) is 9.62 Å². The van der Waals surface area contributed by atoms with Crippen LogP contribution in [0.25, 0.3) is 0 Å². The number of sulfonamides is 1. The van der Waals surface area contributed by atoms with Crippen molar-refractivity contribution in [3.63, 3.8) is 0 Å². The van der Waals surface area contributed by atoms with Crippen LogP contribution in [-0.2, 0) is 10.0 Å². The van der Waals surface area contributed by atoms with Crippen molar-refractivity contribution in [2.75, 3.05) is 25.9 Å². The summed E-state index contributed by atoms with van der Waals surface area (Å²) in [5.74, 6) is -0.827. The Labute approximate surface area is 112 Å². The third-order valence-corrected chi connectivity index (χ3v) is 4.96. The van der Waals surface area contributed by atoms with E-state index in [0.29, 0.717) is 0 Å². The topological polar surface area (TPSA) is 75.4 Å². The van der Waals surface area contributed by atoms with Gasteiger partial charge < -0.3 is 10.6 Å². The van der Waals surface area contributed by atoms with Crippen molar-refractivity contribution >= 4 is 15.7 Å². The van der Waals surface area contributed by atoms with Gasteiger partial charge in [-0.05, 0) is 38.6 Å². The highest BCUT2D eigenvalue weighted by Crippen LogP contribution is 2.22. The molecule has 2 rings (SSSR count). The minimum Gasteiger partial charge on any atom is -0.398 e. The van der Waals surface area contributed by atoms with Crippen molar-refractivity contribution in [2.45, 2.75) is 23.8 Å². The number of benzene rings is 1. The molecule has 1 heterocycles. The number of anilines is 1. The lowest BCUT2D eigenvalue weighted by Gasteiger charge is -2.20. The van der Waals surface area contributed by atoms with E-state index in [9.17, 15) is 12.8 Å². The number of hydrogen-bond acceptors (Lipinski definition) is 4. The van der Waals surface area contributed by atoms with Crippen LogP contribution in [0.15, 0.2) is 23.1 Å². The van der Waals surface area contributed by atoms with Crippen LogP contribution in [0.5, 0.6) is 0 Å². The number of likely N-dealkylation sites (N-methyl/N-ethyl adjacent to an activating group) is 1. The van der Waals surface area contributed by atoms with Crippen molar-refractivity contribution in [3.8, 4) is 0 Å². The van der Waals surface area contributed by atoms with E-state index in [1.807, 2.05) is 7.05 Å². The number of nitrogens with two attached hydrogens (primary N) is 1. The second kappa shape index (κ2) is 5.44. The molecule has 1 aromatic carbocycles. The lowest BCUT2D eigenvalue weighted by atomic mass is 10.2. The SMILES string of the molecule is CN1CCCC1CNS(=O)(=O)c1c(N)cccc1F. The van der Waals surface area contributed by atoms with Gasteiger partial charge in [0.2, 0.25) is 10.0 Å². The van der Waals surface area contributed by atoms with Gasteiger partial charge in [0.1, 0.15) is 10.7 Å². The Morgan fingerprint density at radius 1 is 1.53 bits per heavy atom. The molecule has 0 aliphatic carbocycles. The van der Waals surface area contributed by atoms with Gasteiger partial charge in [0.05, 0.1) is 5.69 Å². The minimum absolute atomic E-state index is 0.0766. The summed E-state index contributed by atoms with van der Waals surface area (Å²) in [6.45, 7) is 1.22. The third-order valence-electron chi connectivity index (χ3n) is 3.45. The third kappa shape index (κ3) is 3.05. The van der Waals surface area contributed by atoms with Crippen LogP contribution in [0.2, 0.25) is 0 Å². The Balaban J connectivity index is 2.14. The summed E-state index contributed by atoms with van der Waals surface area (Å²) >= 11 is 0. The summed E-state index contributed by atoms with van der Waals surface area (Å²) in [4.78, 5) is 1.63. The predicted molar refractivity (Wildman–Crippen MR) is 71.7 cm³/mol. The fourth-order valence-corrected chi connectivity index (χ4v) is 3.58. The molecule has 0 radical (unpaired) electrons. The van der Waals surface area contributed by atoms with Gasteiger partial charge in [0.15, 0.2) is 0 Å². The fourth-order valence-electron chi connectivity index (χ4n) is 2.32. The van der Waals surface area contributed by atoms with E-state index in [0.717, 1.165) is 25.5 Å². The largest absolute Gasteiger partial charge is 0.398 e. The van der Waals surface area contributed by atoms with Gasteiger partial charge >= 0.3 is 0 Å². The number of nitrogen functional groups attached to an aromatic ring is 1. The molecule has 1 saturated heterocycles. The number of nitrogens with one attached hydrogen (secondary N) is 1. The second-order valence-corrected chi connectivity index (χ2v) is 6.49. The molecule has 0 amide bonds. The van der Waals surface area contributed by atoms with Gasteiger partial charge in [-0.25, -0.2) is 17.5 Å². The second-order valence-electron chi connectivity index (χ2n) is 4.79. The minimum atomic E-state index is -3.91. The van der Waals surface area contributed by atoms with Crippen LogP contribution in [0.1, 0.15) is 12.8 Å². The molecular formula is C12H18FN3O2S. The average molecular weight is 287 g/mol. The molecular weight excluding hydrogens is 269 g/mol.